The van der Waals surface area contributed by atoms with Gasteiger partial charge in [0.2, 0.25) is 5.91 Å². The van der Waals surface area contributed by atoms with E-state index in [2.05, 4.69) is 24.3 Å². The van der Waals surface area contributed by atoms with Crippen LogP contribution >= 0.6 is 0 Å². The number of likely N-dealkylation sites (tertiary alicyclic amines) is 1. The topological polar surface area (TPSA) is 99.6 Å². The van der Waals surface area contributed by atoms with E-state index in [1.165, 1.54) is 4.90 Å². The minimum absolute atomic E-state index is 0.0466. The number of aliphatic hydroxyl groups excluding tert-OH is 1. The minimum atomic E-state index is -0.799. The summed E-state index contributed by atoms with van der Waals surface area (Å²) >= 11 is 0. The summed E-state index contributed by atoms with van der Waals surface area (Å²) in [5.41, 5.74) is 3.91. The van der Waals surface area contributed by atoms with Crippen LogP contribution in [0, 0.1) is 0 Å². The molecule has 0 unspecified atom stereocenters. The number of amides is 3. The van der Waals surface area contributed by atoms with Gasteiger partial charge in [-0.25, -0.2) is 9.59 Å². The third-order valence-electron chi connectivity index (χ3n) is 7.38. The number of piperazine rings is 1. The Morgan fingerprint density at radius 1 is 0.868 bits per heavy atom. The molecule has 202 valence electrons. The Hall–Kier alpha value is -3.59. The van der Waals surface area contributed by atoms with E-state index in [9.17, 15) is 19.5 Å². The Kier molecular flexibility index (Phi) is 7.05. The van der Waals surface area contributed by atoms with Gasteiger partial charge in [0.25, 0.3) is 0 Å². The maximum atomic E-state index is 13.4. The zero-order valence-electron chi connectivity index (χ0n) is 22.1. The second-order valence-corrected chi connectivity index (χ2v) is 11.2. The number of hydrogen-bond acceptors (Lipinski definition) is 6. The minimum Gasteiger partial charge on any atom is -0.448 e. The Labute approximate surface area is 222 Å². The lowest BCUT2D eigenvalue weighted by atomic mass is 9.98. The molecule has 2 aliphatic heterocycles. The predicted octanol–water partition coefficient (Wildman–Crippen LogP) is 3.45. The molecular weight excluding hydrogens is 486 g/mol. The van der Waals surface area contributed by atoms with Gasteiger partial charge in [0, 0.05) is 38.5 Å². The Balaban J connectivity index is 1.21. The summed E-state index contributed by atoms with van der Waals surface area (Å²) < 4.78 is 11.2. The quantitative estimate of drug-likeness (QED) is 0.664. The van der Waals surface area contributed by atoms with Crippen molar-refractivity contribution in [1.82, 2.24) is 14.7 Å². The van der Waals surface area contributed by atoms with Crippen LogP contribution in [0.1, 0.15) is 44.2 Å². The number of carbonyl (C=O) groups excluding carboxylic acids is 3. The summed E-state index contributed by atoms with van der Waals surface area (Å²) in [7, 11) is 0. The summed E-state index contributed by atoms with van der Waals surface area (Å²) in [5.74, 6) is -0.326. The average Bonchev–Trinajstić information content (AvgIpc) is 3.44. The molecule has 2 heterocycles. The van der Waals surface area contributed by atoms with Crippen molar-refractivity contribution in [3.05, 3.63) is 59.7 Å². The van der Waals surface area contributed by atoms with Crippen LogP contribution in [0.2, 0.25) is 0 Å². The molecule has 9 heteroatoms. The van der Waals surface area contributed by atoms with Gasteiger partial charge in [0.1, 0.15) is 18.2 Å². The molecule has 0 radical (unpaired) electrons. The van der Waals surface area contributed by atoms with Crippen LogP contribution in [0.3, 0.4) is 0 Å². The first-order chi connectivity index (χ1) is 18.1. The molecule has 2 saturated heterocycles. The predicted molar refractivity (Wildman–Crippen MR) is 141 cm³/mol. The number of hydrogen-bond donors (Lipinski definition) is 1. The molecule has 2 aromatic carbocycles. The van der Waals surface area contributed by atoms with E-state index >= 15 is 0 Å². The third kappa shape index (κ3) is 5.20. The second-order valence-electron chi connectivity index (χ2n) is 11.2. The van der Waals surface area contributed by atoms with E-state index in [-0.39, 0.29) is 31.4 Å². The van der Waals surface area contributed by atoms with Gasteiger partial charge >= 0.3 is 12.2 Å². The molecule has 38 heavy (non-hydrogen) atoms. The van der Waals surface area contributed by atoms with Gasteiger partial charge in [-0.15, -0.1) is 0 Å². The number of β-amino-alcohol motifs (C(OH)–C–C–N with tert-alkyl or cyclic N) is 1. The SMILES string of the molecule is CC(C)(C)OC(=O)N1CCN(C(=O)[C@@H]2C[C@@H](O)CN2C(=O)OCC2c3ccccc3-c3ccccc32)CC1. The molecule has 0 saturated carbocycles. The highest BCUT2D eigenvalue weighted by atomic mass is 16.6. The van der Waals surface area contributed by atoms with Gasteiger partial charge in [-0.3, -0.25) is 9.69 Å². The van der Waals surface area contributed by atoms with Crippen LogP contribution in [0.5, 0.6) is 0 Å². The lowest BCUT2D eigenvalue weighted by molar-refractivity contribution is -0.137. The van der Waals surface area contributed by atoms with Gasteiger partial charge in [-0.05, 0) is 43.0 Å². The molecule has 0 bridgehead atoms. The molecule has 2 aromatic rings. The maximum Gasteiger partial charge on any atom is 0.410 e. The lowest BCUT2D eigenvalue weighted by Gasteiger charge is -2.37. The highest BCUT2D eigenvalue weighted by Crippen LogP contribution is 2.44. The average molecular weight is 522 g/mol. The van der Waals surface area contributed by atoms with Crippen molar-refractivity contribution in [1.29, 1.82) is 0 Å². The highest BCUT2D eigenvalue weighted by molar-refractivity contribution is 5.87. The number of fused-ring (bicyclic) bond motifs is 3. The number of benzene rings is 2. The second kappa shape index (κ2) is 10.3. The third-order valence-corrected chi connectivity index (χ3v) is 7.38. The van der Waals surface area contributed by atoms with E-state index in [4.69, 9.17) is 9.47 Å². The molecular formula is C29H35N3O6. The molecule has 0 spiro atoms. The molecule has 2 fully saturated rings. The Morgan fingerprint density at radius 2 is 1.42 bits per heavy atom. The van der Waals surface area contributed by atoms with Gasteiger partial charge < -0.3 is 24.4 Å². The fourth-order valence-electron chi connectivity index (χ4n) is 5.57. The Bertz CT molecular complexity index is 1170. The number of rotatable bonds is 3. The molecule has 0 aromatic heterocycles. The number of nitrogens with zero attached hydrogens (tertiary/aromatic N) is 3. The van der Waals surface area contributed by atoms with Crippen molar-refractivity contribution in [3.8, 4) is 11.1 Å². The van der Waals surface area contributed by atoms with Gasteiger partial charge in [-0.2, -0.15) is 0 Å². The zero-order chi connectivity index (χ0) is 27.0. The van der Waals surface area contributed by atoms with Gasteiger partial charge in [0.15, 0.2) is 0 Å². The fourth-order valence-corrected chi connectivity index (χ4v) is 5.57. The van der Waals surface area contributed by atoms with E-state index < -0.39 is 29.9 Å². The summed E-state index contributed by atoms with van der Waals surface area (Å²) in [6, 6.07) is 15.4. The highest BCUT2D eigenvalue weighted by Gasteiger charge is 2.43. The molecule has 3 aliphatic rings. The van der Waals surface area contributed by atoms with Crippen LogP contribution in [0.25, 0.3) is 11.1 Å². The molecule has 5 rings (SSSR count). The van der Waals surface area contributed by atoms with Crippen molar-refractivity contribution in [2.75, 3.05) is 39.3 Å². The largest absolute Gasteiger partial charge is 0.448 e. The number of carbonyl (C=O) groups is 3. The Morgan fingerprint density at radius 3 is 2.00 bits per heavy atom. The van der Waals surface area contributed by atoms with Crippen LogP contribution < -0.4 is 0 Å². The summed E-state index contributed by atoms with van der Waals surface area (Å²) in [5, 5.41) is 10.3. The smallest absolute Gasteiger partial charge is 0.410 e. The normalized spacial score (nSPS) is 21.2. The monoisotopic (exact) mass is 521 g/mol. The summed E-state index contributed by atoms with van der Waals surface area (Å²) in [4.78, 5) is 43.5. The molecule has 3 amide bonds. The van der Waals surface area contributed by atoms with E-state index in [0.29, 0.717) is 26.2 Å². The van der Waals surface area contributed by atoms with Crippen molar-refractivity contribution >= 4 is 18.1 Å². The summed E-state index contributed by atoms with van der Waals surface area (Å²) in [6.07, 6.45) is -1.64. The molecule has 1 aliphatic carbocycles. The van der Waals surface area contributed by atoms with Crippen molar-refractivity contribution < 1.29 is 29.0 Å². The van der Waals surface area contributed by atoms with Crippen LogP contribution in [0.4, 0.5) is 9.59 Å². The summed E-state index contributed by atoms with van der Waals surface area (Å²) in [6.45, 7) is 7.00. The van der Waals surface area contributed by atoms with Crippen LogP contribution in [-0.2, 0) is 14.3 Å². The zero-order valence-corrected chi connectivity index (χ0v) is 22.1. The van der Waals surface area contributed by atoms with Crippen molar-refractivity contribution in [2.24, 2.45) is 0 Å². The van der Waals surface area contributed by atoms with Gasteiger partial charge in [-0.1, -0.05) is 48.5 Å². The first-order valence-electron chi connectivity index (χ1n) is 13.2. The van der Waals surface area contributed by atoms with E-state index in [0.717, 1.165) is 22.3 Å². The van der Waals surface area contributed by atoms with Crippen molar-refractivity contribution in [3.63, 3.8) is 0 Å². The first kappa shape index (κ1) is 26.0. The van der Waals surface area contributed by atoms with Gasteiger partial charge in [0.05, 0.1) is 12.6 Å². The van der Waals surface area contributed by atoms with E-state index in [1.807, 2.05) is 45.0 Å². The van der Waals surface area contributed by atoms with Crippen LogP contribution in [0.15, 0.2) is 48.5 Å². The lowest BCUT2D eigenvalue weighted by Crippen LogP contribution is -2.55. The van der Waals surface area contributed by atoms with E-state index in [1.54, 1.807) is 9.80 Å². The van der Waals surface area contributed by atoms with Crippen molar-refractivity contribution in [2.45, 2.75) is 50.9 Å². The maximum absolute atomic E-state index is 13.4. The van der Waals surface area contributed by atoms with Crippen LogP contribution in [-0.4, -0.2) is 95.0 Å². The fraction of sp³-hybridized carbons (Fsp3) is 0.483. The number of ether oxygens (including phenoxy) is 2. The first-order valence-corrected chi connectivity index (χ1v) is 13.2. The number of aliphatic hydroxyl groups is 1. The molecule has 9 nitrogen and oxygen atoms in total. The standard InChI is InChI=1S/C29H35N3O6/c1-29(2,3)38-27(35)31-14-12-30(13-15-31)26(34)25-16-19(33)17-32(25)28(36)37-18-24-22-10-6-4-8-20(22)21-9-5-7-11-23(21)24/h4-11,19,24-25,33H,12-18H2,1-3H3/t19-,25+/m1/s1. The molecule has 2 atom stereocenters. The molecule has 1 N–H and O–H groups in total.